The van der Waals surface area contributed by atoms with E-state index in [1.54, 1.807) is 12.1 Å². The number of hydrogen-bond acceptors (Lipinski definition) is 6. The first kappa shape index (κ1) is 23.8. The molecule has 2 aliphatic rings. The number of amides is 1. The Morgan fingerprint density at radius 3 is 2.62 bits per heavy atom. The van der Waals surface area contributed by atoms with Crippen LogP contribution in [0.5, 0.6) is 0 Å². The standard InChI is InChI=1S/C18H24N4O3.C2HF3O2/c1-12-6-14(21(2)20-12)8-22-9-15-13(11-25-17(15)10-22)7-19-18(23)16-4-3-5-24-16;3-2(4,5)1(6)7/h3-6,13,15,17H,7-11H2,1-2H3,(H,19,23);(H,6,7)/t13-,15+,17+;/m0./s1. The summed E-state index contributed by atoms with van der Waals surface area (Å²) in [6, 6.07) is 5.53. The van der Waals surface area contributed by atoms with Crippen molar-refractivity contribution in [2.45, 2.75) is 25.7 Å². The van der Waals surface area contributed by atoms with Crippen molar-refractivity contribution in [3.63, 3.8) is 0 Å². The van der Waals surface area contributed by atoms with Crippen molar-refractivity contribution >= 4 is 11.9 Å². The number of carboxylic acids is 1. The Balaban J connectivity index is 0.000000360. The second-order valence-corrected chi connectivity index (χ2v) is 7.88. The smallest absolute Gasteiger partial charge is 0.475 e. The molecule has 0 saturated carbocycles. The van der Waals surface area contributed by atoms with Crippen molar-refractivity contribution in [1.29, 1.82) is 0 Å². The van der Waals surface area contributed by atoms with Crippen LogP contribution in [0, 0.1) is 18.8 Å². The van der Waals surface area contributed by atoms with E-state index in [9.17, 15) is 18.0 Å². The Labute approximate surface area is 182 Å². The first-order valence-corrected chi connectivity index (χ1v) is 10.00. The van der Waals surface area contributed by atoms with Crippen LogP contribution in [0.1, 0.15) is 21.9 Å². The molecule has 3 atom stereocenters. The van der Waals surface area contributed by atoms with E-state index in [0.717, 1.165) is 25.3 Å². The fourth-order valence-corrected chi connectivity index (χ4v) is 3.98. The minimum atomic E-state index is -5.08. The van der Waals surface area contributed by atoms with Gasteiger partial charge in [-0.15, -0.1) is 0 Å². The van der Waals surface area contributed by atoms with Crippen LogP contribution in [0.3, 0.4) is 0 Å². The molecule has 0 radical (unpaired) electrons. The topological polar surface area (TPSA) is 110 Å². The predicted molar refractivity (Wildman–Crippen MR) is 105 cm³/mol. The van der Waals surface area contributed by atoms with E-state index in [0.29, 0.717) is 30.7 Å². The van der Waals surface area contributed by atoms with Crippen molar-refractivity contribution in [1.82, 2.24) is 20.0 Å². The minimum absolute atomic E-state index is 0.159. The zero-order chi connectivity index (χ0) is 23.5. The molecule has 1 amide bonds. The molecule has 4 rings (SSSR count). The van der Waals surface area contributed by atoms with E-state index in [-0.39, 0.29) is 12.0 Å². The van der Waals surface area contributed by atoms with E-state index in [2.05, 4.69) is 21.4 Å². The average molecular weight is 458 g/mol. The van der Waals surface area contributed by atoms with E-state index < -0.39 is 12.1 Å². The van der Waals surface area contributed by atoms with Crippen molar-refractivity contribution < 1.29 is 37.0 Å². The van der Waals surface area contributed by atoms with E-state index >= 15 is 0 Å². The number of nitrogens with zero attached hydrogens (tertiary/aromatic N) is 3. The molecule has 2 saturated heterocycles. The van der Waals surface area contributed by atoms with Gasteiger partial charge in [-0.25, -0.2) is 4.79 Å². The number of carbonyl (C=O) groups is 2. The second kappa shape index (κ2) is 9.74. The lowest BCUT2D eigenvalue weighted by atomic mass is 9.93. The zero-order valence-corrected chi connectivity index (χ0v) is 17.6. The molecular weight excluding hydrogens is 433 g/mol. The first-order valence-electron chi connectivity index (χ1n) is 10.00. The van der Waals surface area contributed by atoms with Crippen LogP contribution < -0.4 is 5.32 Å². The van der Waals surface area contributed by atoms with Crippen molar-refractivity contribution in [3.8, 4) is 0 Å². The number of halogens is 3. The van der Waals surface area contributed by atoms with Gasteiger partial charge in [0.25, 0.3) is 5.91 Å². The average Bonchev–Trinajstić information content (AvgIpc) is 3.46. The summed E-state index contributed by atoms with van der Waals surface area (Å²) in [6.07, 6.45) is -3.31. The van der Waals surface area contributed by atoms with Gasteiger partial charge < -0.3 is 19.6 Å². The van der Waals surface area contributed by atoms with Crippen LogP contribution in [0.4, 0.5) is 13.2 Å². The highest BCUT2D eigenvalue weighted by Gasteiger charge is 2.43. The van der Waals surface area contributed by atoms with E-state index in [4.69, 9.17) is 19.1 Å². The summed E-state index contributed by atoms with van der Waals surface area (Å²) >= 11 is 0. The van der Waals surface area contributed by atoms with Gasteiger partial charge in [0.1, 0.15) is 0 Å². The number of ether oxygens (including phenoxy) is 1. The number of carboxylic acid groups (broad SMARTS) is 1. The number of aryl methyl sites for hydroxylation is 2. The van der Waals surface area contributed by atoms with Gasteiger partial charge in [-0.1, -0.05) is 0 Å². The minimum Gasteiger partial charge on any atom is -0.475 e. The lowest BCUT2D eigenvalue weighted by Gasteiger charge is -2.19. The molecule has 32 heavy (non-hydrogen) atoms. The number of aliphatic carboxylic acids is 1. The van der Waals surface area contributed by atoms with Gasteiger partial charge in [0, 0.05) is 45.1 Å². The van der Waals surface area contributed by atoms with Crippen LogP contribution in [-0.2, 0) is 23.1 Å². The highest BCUT2D eigenvalue weighted by molar-refractivity contribution is 5.91. The summed E-state index contributed by atoms with van der Waals surface area (Å²) in [5, 5.41) is 14.5. The third-order valence-corrected chi connectivity index (χ3v) is 5.51. The van der Waals surface area contributed by atoms with Crippen LogP contribution >= 0.6 is 0 Å². The third kappa shape index (κ3) is 5.88. The number of alkyl halides is 3. The maximum atomic E-state index is 12.0. The monoisotopic (exact) mass is 458 g/mol. The highest BCUT2D eigenvalue weighted by Crippen LogP contribution is 2.34. The van der Waals surface area contributed by atoms with Gasteiger partial charge in [0.15, 0.2) is 5.76 Å². The van der Waals surface area contributed by atoms with Gasteiger partial charge in [0.2, 0.25) is 0 Å². The second-order valence-electron chi connectivity index (χ2n) is 7.88. The molecule has 9 nitrogen and oxygen atoms in total. The Morgan fingerprint density at radius 2 is 2.06 bits per heavy atom. The SMILES string of the molecule is Cc1cc(CN2C[C@@H]3[C@@H](CNC(=O)c4ccco4)CO[C@@H]3C2)n(C)n1.O=C(O)C(F)(F)F. The normalized spacial score (nSPS) is 22.8. The van der Waals surface area contributed by atoms with Gasteiger partial charge in [0.05, 0.1) is 30.4 Å². The molecule has 2 fully saturated rings. The lowest BCUT2D eigenvalue weighted by molar-refractivity contribution is -0.192. The number of furan rings is 1. The molecule has 2 aliphatic heterocycles. The van der Waals surface area contributed by atoms with Crippen LogP contribution in [0.2, 0.25) is 0 Å². The molecular formula is C20H25F3N4O5. The highest BCUT2D eigenvalue weighted by atomic mass is 19.4. The maximum absolute atomic E-state index is 12.0. The Morgan fingerprint density at radius 1 is 1.34 bits per heavy atom. The molecule has 0 aromatic carbocycles. The van der Waals surface area contributed by atoms with Gasteiger partial charge in [-0.05, 0) is 25.1 Å². The Hall–Kier alpha value is -2.86. The number of carbonyl (C=O) groups excluding carboxylic acids is 1. The number of hydrogen-bond donors (Lipinski definition) is 2. The largest absolute Gasteiger partial charge is 0.490 e. The summed E-state index contributed by atoms with van der Waals surface area (Å²) < 4.78 is 44.8. The number of nitrogens with one attached hydrogen (secondary N) is 1. The molecule has 0 unspecified atom stereocenters. The molecule has 2 N–H and O–H groups in total. The molecule has 176 valence electrons. The molecule has 4 heterocycles. The molecule has 2 aromatic heterocycles. The van der Waals surface area contributed by atoms with Crippen molar-refractivity contribution in [2.24, 2.45) is 18.9 Å². The van der Waals surface area contributed by atoms with Crippen molar-refractivity contribution in [2.75, 3.05) is 26.2 Å². The fraction of sp³-hybridized carbons (Fsp3) is 0.550. The lowest BCUT2D eigenvalue weighted by Crippen LogP contribution is -2.34. The summed E-state index contributed by atoms with van der Waals surface area (Å²) in [4.78, 5) is 23.4. The van der Waals surface area contributed by atoms with Gasteiger partial charge in [-0.3, -0.25) is 14.4 Å². The summed E-state index contributed by atoms with van der Waals surface area (Å²) in [6.45, 7) is 6.18. The van der Waals surface area contributed by atoms with Crippen LogP contribution in [0.25, 0.3) is 0 Å². The Kier molecular flexibility index (Phi) is 7.24. The fourth-order valence-electron chi connectivity index (χ4n) is 3.98. The zero-order valence-electron chi connectivity index (χ0n) is 17.6. The molecule has 0 bridgehead atoms. The van der Waals surface area contributed by atoms with Gasteiger partial charge in [-0.2, -0.15) is 18.3 Å². The maximum Gasteiger partial charge on any atom is 0.490 e. The molecule has 0 aliphatic carbocycles. The van der Waals surface area contributed by atoms with E-state index in [1.165, 1.54) is 12.0 Å². The quantitative estimate of drug-likeness (QED) is 0.704. The summed E-state index contributed by atoms with van der Waals surface area (Å²) in [5.41, 5.74) is 2.27. The molecule has 2 aromatic rings. The first-order chi connectivity index (χ1) is 15.0. The predicted octanol–water partition coefficient (Wildman–Crippen LogP) is 1.83. The third-order valence-electron chi connectivity index (χ3n) is 5.51. The number of fused-ring (bicyclic) bond motifs is 1. The number of rotatable bonds is 5. The van der Waals surface area contributed by atoms with E-state index in [1.807, 2.05) is 18.7 Å². The molecule has 0 spiro atoms. The molecule has 12 heteroatoms. The number of likely N-dealkylation sites (tertiary alicyclic amines) is 1. The van der Waals surface area contributed by atoms with Gasteiger partial charge >= 0.3 is 12.1 Å². The van der Waals surface area contributed by atoms with Crippen LogP contribution in [0.15, 0.2) is 28.9 Å². The number of aromatic nitrogens is 2. The summed E-state index contributed by atoms with van der Waals surface area (Å²) in [7, 11) is 1.99. The Bertz CT molecular complexity index is 928. The summed E-state index contributed by atoms with van der Waals surface area (Å²) in [5.74, 6) is -1.75. The van der Waals surface area contributed by atoms with Crippen LogP contribution in [-0.4, -0.2) is 70.2 Å². The van der Waals surface area contributed by atoms with Crippen molar-refractivity contribution in [3.05, 3.63) is 41.6 Å².